The Kier molecular flexibility index (Phi) is 7.97. The molecule has 0 unspecified atom stereocenters. The van der Waals surface area contributed by atoms with Crippen molar-refractivity contribution >= 4 is 23.4 Å². The van der Waals surface area contributed by atoms with Gasteiger partial charge in [0.15, 0.2) is 0 Å². The van der Waals surface area contributed by atoms with Crippen LogP contribution in [0.15, 0.2) is 78.9 Å². The van der Waals surface area contributed by atoms with Gasteiger partial charge in [-0.3, -0.25) is 14.4 Å². The lowest BCUT2D eigenvalue weighted by molar-refractivity contribution is -0.123. The molecule has 0 aliphatic heterocycles. The normalized spacial score (nSPS) is 10.2. The highest BCUT2D eigenvalue weighted by molar-refractivity contribution is 5.98. The summed E-state index contributed by atoms with van der Waals surface area (Å²) in [5, 5.41) is 7.71. The van der Waals surface area contributed by atoms with E-state index in [9.17, 15) is 14.4 Å². The first-order chi connectivity index (χ1) is 15.5. The summed E-state index contributed by atoms with van der Waals surface area (Å²) in [5.41, 5.74) is 3.10. The van der Waals surface area contributed by atoms with Crippen molar-refractivity contribution in [3.05, 3.63) is 84.4 Å². The van der Waals surface area contributed by atoms with E-state index in [0.717, 1.165) is 11.1 Å². The number of anilines is 1. The first-order valence-electron chi connectivity index (χ1n) is 10.3. The van der Waals surface area contributed by atoms with Crippen LogP contribution in [-0.4, -0.2) is 37.4 Å². The molecule has 0 saturated carbocycles. The highest BCUT2D eigenvalue weighted by Crippen LogP contribution is 2.19. The molecule has 0 bridgehead atoms. The minimum atomic E-state index is -0.457. The number of carbonyl (C=O) groups is 3. The SMILES string of the molecule is CCOc1ccc(NC(=O)CNC(=O)CNC(=O)c2ccc(-c3ccccc3)cc2)cc1. The van der Waals surface area contributed by atoms with Gasteiger partial charge in [0.05, 0.1) is 19.7 Å². The topological polar surface area (TPSA) is 96.5 Å². The molecule has 0 radical (unpaired) electrons. The standard InChI is InChI=1S/C25H25N3O4/c1-2-32-22-14-12-21(13-15-22)28-24(30)17-26-23(29)16-27-25(31)20-10-8-19(9-11-20)18-6-4-3-5-7-18/h3-15H,2,16-17H2,1H3,(H,26,29)(H,27,31)(H,28,30). The van der Waals surface area contributed by atoms with Gasteiger partial charge < -0.3 is 20.7 Å². The van der Waals surface area contributed by atoms with Gasteiger partial charge in [0.25, 0.3) is 5.91 Å². The maximum Gasteiger partial charge on any atom is 0.251 e. The Labute approximate surface area is 186 Å². The number of ether oxygens (including phenoxy) is 1. The Morgan fingerprint density at radius 3 is 2.00 bits per heavy atom. The van der Waals surface area contributed by atoms with Crippen molar-refractivity contribution in [2.45, 2.75) is 6.92 Å². The highest BCUT2D eigenvalue weighted by Gasteiger charge is 2.10. The second-order valence-electron chi connectivity index (χ2n) is 6.91. The smallest absolute Gasteiger partial charge is 0.251 e. The number of rotatable bonds is 9. The van der Waals surface area contributed by atoms with Gasteiger partial charge in [-0.05, 0) is 54.4 Å². The zero-order chi connectivity index (χ0) is 22.8. The van der Waals surface area contributed by atoms with Crippen LogP contribution in [-0.2, 0) is 9.59 Å². The number of amides is 3. The largest absolute Gasteiger partial charge is 0.494 e. The Morgan fingerprint density at radius 1 is 0.719 bits per heavy atom. The Hall–Kier alpha value is -4.13. The third-order valence-corrected chi connectivity index (χ3v) is 4.56. The molecule has 0 heterocycles. The number of nitrogens with one attached hydrogen (secondary N) is 3. The molecular formula is C25H25N3O4. The third-order valence-electron chi connectivity index (χ3n) is 4.56. The minimum Gasteiger partial charge on any atom is -0.494 e. The molecule has 0 saturated heterocycles. The van der Waals surface area contributed by atoms with Crippen molar-refractivity contribution in [1.29, 1.82) is 0 Å². The van der Waals surface area contributed by atoms with Crippen molar-refractivity contribution in [2.75, 3.05) is 25.0 Å². The molecule has 7 nitrogen and oxygen atoms in total. The molecule has 32 heavy (non-hydrogen) atoms. The van der Waals surface area contributed by atoms with Crippen LogP contribution in [0.3, 0.4) is 0 Å². The van der Waals surface area contributed by atoms with Crippen molar-refractivity contribution in [1.82, 2.24) is 10.6 Å². The van der Waals surface area contributed by atoms with Crippen molar-refractivity contribution in [3.8, 4) is 16.9 Å². The van der Waals surface area contributed by atoms with Gasteiger partial charge in [-0.2, -0.15) is 0 Å². The van der Waals surface area contributed by atoms with Crippen LogP contribution in [0.5, 0.6) is 5.75 Å². The van der Waals surface area contributed by atoms with Gasteiger partial charge in [-0.1, -0.05) is 42.5 Å². The molecule has 3 aromatic rings. The van der Waals surface area contributed by atoms with E-state index in [2.05, 4.69) is 16.0 Å². The lowest BCUT2D eigenvalue weighted by atomic mass is 10.0. The van der Waals surface area contributed by atoms with Crippen LogP contribution in [0, 0.1) is 0 Å². The van der Waals surface area contributed by atoms with E-state index in [0.29, 0.717) is 23.6 Å². The van der Waals surface area contributed by atoms with Crippen LogP contribution in [0.25, 0.3) is 11.1 Å². The molecule has 164 valence electrons. The van der Waals surface area contributed by atoms with Gasteiger partial charge in [-0.15, -0.1) is 0 Å². The van der Waals surface area contributed by atoms with Crippen LogP contribution in [0.1, 0.15) is 17.3 Å². The zero-order valence-electron chi connectivity index (χ0n) is 17.8. The van der Waals surface area contributed by atoms with Gasteiger partial charge in [0.2, 0.25) is 11.8 Å². The van der Waals surface area contributed by atoms with Crippen molar-refractivity contribution in [2.24, 2.45) is 0 Å². The Bertz CT molecular complexity index is 1050. The molecule has 0 aliphatic rings. The van der Waals surface area contributed by atoms with Gasteiger partial charge in [-0.25, -0.2) is 0 Å². The number of hydrogen-bond donors (Lipinski definition) is 3. The molecule has 3 amide bonds. The van der Waals surface area contributed by atoms with E-state index in [1.165, 1.54) is 0 Å². The number of hydrogen-bond acceptors (Lipinski definition) is 4. The fourth-order valence-electron chi connectivity index (χ4n) is 2.95. The molecular weight excluding hydrogens is 406 g/mol. The second kappa shape index (κ2) is 11.3. The fraction of sp³-hybridized carbons (Fsp3) is 0.160. The zero-order valence-corrected chi connectivity index (χ0v) is 17.8. The molecule has 3 aromatic carbocycles. The molecule has 0 atom stereocenters. The molecule has 3 rings (SSSR count). The molecule has 0 fully saturated rings. The van der Waals surface area contributed by atoms with Gasteiger partial charge in [0, 0.05) is 11.3 Å². The fourth-order valence-corrected chi connectivity index (χ4v) is 2.95. The summed E-state index contributed by atoms with van der Waals surface area (Å²) in [7, 11) is 0. The Balaban J connectivity index is 1.40. The molecule has 0 aliphatic carbocycles. The molecule has 0 aromatic heterocycles. The monoisotopic (exact) mass is 431 g/mol. The molecule has 3 N–H and O–H groups in total. The van der Waals surface area contributed by atoms with E-state index in [-0.39, 0.29) is 24.9 Å². The summed E-state index contributed by atoms with van der Waals surface area (Å²) in [6, 6.07) is 23.9. The maximum absolute atomic E-state index is 12.3. The highest BCUT2D eigenvalue weighted by atomic mass is 16.5. The van der Waals surface area contributed by atoms with Crippen LogP contribution < -0.4 is 20.7 Å². The second-order valence-corrected chi connectivity index (χ2v) is 6.91. The lowest BCUT2D eigenvalue weighted by Gasteiger charge is -2.09. The van der Waals surface area contributed by atoms with Crippen molar-refractivity contribution < 1.29 is 19.1 Å². The summed E-state index contributed by atoms with van der Waals surface area (Å²) in [6.07, 6.45) is 0. The van der Waals surface area contributed by atoms with E-state index < -0.39 is 5.91 Å². The van der Waals surface area contributed by atoms with Crippen LogP contribution in [0.4, 0.5) is 5.69 Å². The number of carbonyl (C=O) groups excluding carboxylic acids is 3. The first kappa shape index (κ1) is 22.6. The average Bonchev–Trinajstić information content (AvgIpc) is 2.83. The Morgan fingerprint density at radius 2 is 1.34 bits per heavy atom. The predicted molar refractivity (Wildman–Crippen MR) is 123 cm³/mol. The summed E-state index contributed by atoms with van der Waals surface area (Å²) in [4.78, 5) is 36.2. The van der Waals surface area contributed by atoms with E-state index >= 15 is 0 Å². The van der Waals surface area contributed by atoms with E-state index in [1.54, 1.807) is 36.4 Å². The predicted octanol–water partition coefficient (Wildman–Crippen LogP) is 3.24. The summed E-state index contributed by atoms with van der Waals surface area (Å²) >= 11 is 0. The van der Waals surface area contributed by atoms with Gasteiger partial charge in [0.1, 0.15) is 5.75 Å². The maximum atomic E-state index is 12.3. The third kappa shape index (κ3) is 6.70. The molecule has 0 spiro atoms. The summed E-state index contributed by atoms with van der Waals surface area (Å²) in [6.45, 7) is 2.03. The van der Waals surface area contributed by atoms with Crippen molar-refractivity contribution in [3.63, 3.8) is 0 Å². The van der Waals surface area contributed by atoms with E-state index in [1.807, 2.05) is 49.4 Å². The summed E-state index contributed by atoms with van der Waals surface area (Å²) < 4.78 is 5.34. The number of benzene rings is 3. The van der Waals surface area contributed by atoms with Crippen LogP contribution in [0.2, 0.25) is 0 Å². The van der Waals surface area contributed by atoms with E-state index in [4.69, 9.17) is 4.74 Å². The molecule has 7 heteroatoms. The van der Waals surface area contributed by atoms with Crippen LogP contribution >= 0.6 is 0 Å². The van der Waals surface area contributed by atoms with Gasteiger partial charge >= 0.3 is 0 Å². The summed E-state index contributed by atoms with van der Waals surface area (Å²) in [5.74, 6) is -0.478. The minimum absolute atomic E-state index is 0.201. The average molecular weight is 431 g/mol. The first-order valence-corrected chi connectivity index (χ1v) is 10.3. The quantitative estimate of drug-likeness (QED) is 0.485. The lowest BCUT2D eigenvalue weighted by Crippen LogP contribution is -2.40.